The van der Waals surface area contributed by atoms with E-state index in [4.69, 9.17) is 15.2 Å². The number of carbonyl (C=O) groups excluding carboxylic acids is 2. The van der Waals surface area contributed by atoms with Gasteiger partial charge < -0.3 is 19.8 Å². The molecular weight excluding hydrogens is 324 g/mol. The van der Waals surface area contributed by atoms with Crippen molar-refractivity contribution < 1.29 is 19.1 Å². The van der Waals surface area contributed by atoms with Crippen LogP contribution in [0, 0.1) is 0 Å². The molecule has 3 rings (SSSR count). The Morgan fingerprint density at radius 1 is 1.48 bits per heavy atom. The van der Waals surface area contributed by atoms with Crippen LogP contribution in [-0.4, -0.2) is 41.4 Å². The SMILES string of the molecule is CC(=O)OCC[C@@H](C)n1c(N)nc2cc(N3CCCOC3=O)ccc21. The van der Waals surface area contributed by atoms with Crippen molar-refractivity contribution in [3.05, 3.63) is 18.2 Å². The number of carbonyl (C=O) groups is 2. The minimum absolute atomic E-state index is 0.0233. The number of hydrogen-bond donors (Lipinski definition) is 1. The molecule has 1 atom stereocenters. The first-order valence-electron chi connectivity index (χ1n) is 8.32. The van der Waals surface area contributed by atoms with Gasteiger partial charge in [0, 0.05) is 31.6 Å². The van der Waals surface area contributed by atoms with Gasteiger partial charge in [-0.15, -0.1) is 0 Å². The average molecular weight is 346 g/mol. The van der Waals surface area contributed by atoms with Crippen LogP contribution in [0.4, 0.5) is 16.4 Å². The fourth-order valence-electron chi connectivity index (χ4n) is 3.03. The Kier molecular flexibility index (Phi) is 4.78. The first-order chi connectivity index (χ1) is 12.0. The third kappa shape index (κ3) is 3.52. The van der Waals surface area contributed by atoms with E-state index in [2.05, 4.69) is 4.98 Å². The highest BCUT2D eigenvalue weighted by Crippen LogP contribution is 2.29. The summed E-state index contributed by atoms with van der Waals surface area (Å²) in [6, 6.07) is 5.63. The molecule has 0 bridgehead atoms. The smallest absolute Gasteiger partial charge is 0.414 e. The van der Waals surface area contributed by atoms with E-state index in [1.807, 2.05) is 29.7 Å². The molecule has 8 nitrogen and oxygen atoms in total. The predicted octanol–water partition coefficient (Wildman–Crippen LogP) is 2.48. The molecule has 1 aromatic carbocycles. The topological polar surface area (TPSA) is 99.7 Å². The van der Waals surface area contributed by atoms with E-state index in [0.29, 0.717) is 37.6 Å². The molecule has 2 heterocycles. The van der Waals surface area contributed by atoms with Crippen LogP contribution in [0.15, 0.2) is 18.2 Å². The van der Waals surface area contributed by atoms with Crippen LogP contribution in [0.2, 0.25) is 0 Å². The minimum atomic E-state index is -0.340. The van der Waals surface area contributed by atoms with Gasteiger partial charge in [-0.3, -0.25) is 9.69 Å². The lowest BCUT2D eigenvalue weighted by Gasteiger charge is -2.26. The second-order valence-corrected chi connectivity index (χ2v) is 6.11. The molecule has 0 spiro atoms. The Labute approximate surface area is 145 Å². The number of rotatable bonds is 5. The minimum Gasteiger partial charge on any atom is -0.466 e. The lowest BCUT2D eigenvalue weighted by molar-refractivity contribution is -0.141. The summed E-state index contributed by atoms with van der Waals surface area (Å²) in [5.41, 5.74) is 8.42. The van der Waals surface area contributed by atoms with Crippen molar-refractivity contribution >= 4 is 34.7 Å². The van der Waals surface area contributed by atoms with E-state index in [-0.39, 0.29) is 18.1 Å². The zero-order valence-electron chi connectivity index (χ0n) is 14.4. The van der Waals surface area contributed by atoms with Crippen molar-refractivity contribution in [1.82, 2.24) is 9.55 Å². The number of nitrogens with zero attached hydrogens (tertiary/aromatic N) is 3. The largest absolute Gasteiger partial charge is 0.466 e. The number of imidazole rings is 1. The molecule has 0 aliphatic carbocycles. The molecule has 1 aliphatic rings. The molecule has 1 amide bonds. The summed E-state index contributed by atoms with van der Waals surface area (Å²) in [5.74, 6) is 0.0948. The molecule has 0 radical (unpaired) electrons. The van der Waals surface area contributed by atoms with Crippen LogP contribution in [0.5, 0.6) is 0 Å². The van der Waals surface area contributed by atoms with E-state index < -0.39 is 0 Å². The zero-order valence-corrected chi connectivity index (χ0v) is 14.4. The van der Waals surface area contributed by atoms with Gasteiger partial charge in [0.15, 0.2) is 0 Å². The summed E-state index contributed by atoms with van der Waals surface area (Å²) in [4.78, 5) is 28.8. The predicted molar refractivity (Wildman–Crippen MR) is 93.4 cm³/mol. The highest BCUT2D eigenvalue weighted by Gasteiger charge is 2.22. The van der Waals surface area contributed by atoms with Crippen molar-refractivity contribution in [2.24, 2.45) is 0 Å². The second-order valence-electron chi connectivity index (χ2n) is 6.11. The Hall–Kier alpha value is -2.77. The molecule has 0 saturated carbocycles. The van der Waals surface area contributed by atoms with Gasteiger partial charge in [0.25, 0.3) is 0 Å². The highest BCUT2D eigenvalue weighted by molar-refractivity contribution is 5.92. The van der Waals surface area contributed by atoms with E-state index in [1.54, 1.807) is 4.90 Å². The van der Waals surface area contributed by atoms with Crippen LogP contribution in [-0.2, 0) is 14.3 Å². The van der Waals surface area contributed by atoms with Crippen LogP contribution in [0.1, 0.15) is 32.7 Å². The Morgan fingerprint density at radius 3 is 3.00 bits per heavy atom. The maximum absolute atomic E-state index is 11.9. The van der Waals surface area contributed by atoms with Crippen LogP contribution >= 0.6 is 0 Å². The number of nitrogens with two attached hydrogens (primary N) is 1. The number of ether oxygens (including phenoxy) is 2. The van der Waals surface area contributed by atoms with Crippen LogP contribution in [0.25, 0.3) is 11.0 Å². The van der Waals surface area contributed by atoms with Gasteiger partial charge in [0.05, 0.1) is 24.2 Å². The Bertz CT molecular complexity index is 801. The number of cyclic esters (lactones) is 1. The molecule has 2 N–H and O–H groups in total. The molecule has 1 fully saturated rings. The monoisotopic (exact) mass is 346 g/mol. The quantitative estimate of drug-likeness (QED) is 0.835. The average Bonchev–Trinajstić information content (AvgIpc) is 2.89. The molecule has 134 valence electrons. The summed E-state index contributed by atoms with van der Waals surface area (Å²) < 4.78 is 12.0. The van der Waals surface area contributed by atoms with Crippen molar-refractivity contribution in [3.8, 4) is 0 Å². The zero-order chi connectivity index (χ0) is 18.0. The Morgan fingerprint density at radius 2 is 2.28 bits per heavy atom. The summed E-state index contributed by atoms with van der Waals surface area (Å²) in [6.07, 6.45) is 1.09. The lowest BCUT2D eigenvalue weighted by Crippen LogP contribution is -2.37. The van der Waals surface area contributed by atoms with E-state index in [0.717, 1.165) is 17.6 Å². The fourth-order valence-corrected chi connectivity index (χ4v) is 3.03. The second kappa shape index (κ2) is 7.00. The van der Waals surface area contributed by atoms with Crippen LogP contribution in [0.3, 0.4) is 0 Å². The fraction of sp³-hybridized carbons (Fsp3) is 0.471. The highest BCUT2D eigenvalue weighted by atomic mass is 16.6. The molecule has 1 aliphatic heterocycles. The van der Waals surface area contributed by atoms with Crippen molar-refractivity contribution in [2.45, 2.75) is 32.7 Å². The lowest BCUT2D eigenvalue weighted by atomic mass is 10.2. The first kappa shape index (κ1) is 17.1. The summed E-state index contributed by atoms with van der Waals surface area (Å²) in [6.45, 7) is 4.79. The van der Waals surface area contributed by atoms with Gasteiger partial charge in [-0.25, -0.2) is 9.78 Å². The standard InChI is InChI=1S/C17H22N4O4/c1-11(6-9-24-12(2)22)21-15-5-4-13(10-14(15)19-16(21)18)20-7-3-8-25-17(20)23/h4-5,10-11H,3,6-9H2,1-2H3,(H2,18,19)/t11-/m1/s1. The molecule has 2 aromatic rings. The molecule has 1 aromatic heterocycles. The van der Waals surface area contributed by atoms with E-state index in [9.17, 15) is 9.59 Å². The number of anilines is 2. The van der Waals surface area contributed by atoms with Gasteiger partial charge in [-0.1, -0.05) is 0 Å². The third-order valence-electron chi connectivity index (χ3n) is 4.27. The first-order valence-corrected chi connectivity index (χ1v) is 8.32. The maximum Gasteiger partial charge on any atom is 0.414 e. The third-order valence-corrected chi connectivity index (χ3v) is 4.27. The van der Waals surface area contributed by atoms with Gasteiger partial charge in [0.1, 0.15) is 0 Å². The van der Waals surface area contributed by atoms with Crippen molar-refractivity contribution in [1.29, 1.82) is 0 Å². The number of benzene rings is 1. The number of amides is 1. The Balaban J connectivity index is 1.85. The summed E-state index contributed by atoms with van der Waals surface area (Å²) in [5, 5.41) is 0. The van der Waals surface area contributed by atoms with Gasteiger partial charge in [-0.2, -0.15) is 0 Å². The molecule has 1 saturated heterocycles. The van der Waals surface area contributed by atoms with Gasteiger partial charge in [0.2, 0.25) is 5.95 Å². The summed E-state index contributed by atoms with van der Waals surface area (Å²) in [7, 11) is 0. The molecule has 25 heavy (non-hydrogen) atoms. The molecular formula is C17H22N4O4. The number of fused-ring (bicyclic) bond motifs is 1. The van der Waals surface area contributed by atoms with Gasteiger partial charge in [-0.05, 0) is 31.5 Å². The van der Waals surface area contributed by atoms with Crippen LogP contribution < -0.4 is 10.6 Å². The number of nitrogen functional groups attached to an aromatic ring is 1. The molecule has 0 unspecified atom stereocenters. The number of hydrogen-bond acceptors (Lipinski definition) is 6. The van der Waals surface area contributed by atoms with E-state index in [1.165, 1.54) is 6.92 Å². The number of aromatic nitrogens is 2. The number of esters is 1. The van der Waals surface area contributed by atoms with Crippen molar-refractivity contribution in [3.63, 3.8) is 0 Å². The van der Waals surface area contributed by atoms with E-state index >= 15 is 0 Å². The summed E-state index contributed by atoms with van der Waals surface area (Å²) >= 11 is 0. The molecule has 8 heteroatoms. The van der Waals surface area contributed by atoms with Crippen molar-refractivity contribution in [2.75, 3.05) is 30.4 Å². The van der Waals surface area contributed by atoms with Gasteiger partial charge >= 0.3 is 12.1 Å². The normalized spacial score (nSPS) is 15.9. The maximum atomic E-state index is 11.9.